The summed E-state index contributed by atoms with van der Waals surface area (Å²) in [4.78, 5) is 39.1. The zero-order valence-corrected chi connectivity index (χ0v) is 16.1. The Morgan fingerprint density at radius 3 is 2.36 bits per heavy atom. The standard InChI is InChI=1S/C22H21ClN2O3/c23-16-7-9-17(10-8-16)24-20(26)13-25-21(27)18-11-6-15(12-19(18)22(25)28)14-4-2-1-3-5-14/h1-5,7-10,15,18-19H,6,11-13H2,(H,24,26)/t15-,18-,19+/m1/s1. The van der Waals surface area contributed by atoms with Gasteiger partial charge < -0.3 is 5.32 Å². The van der Waals surface area contributed by atoms with Gasteiger partial charge in [0.15, 0.2) is 0 Å². The van der Waals surface area contributed by atoms with Crippen molar-refractivity contribution in [2.45, 2.75) is 25.2 Å². The van der Waals surface area contributed by atoms with E-state index in [1.165, 1.54) is 5.56 Å². The zero-order chi connectivity index (χ0) is 19.7. The van der Waals surface area contributed by atoms with Crippen LogP contribution in [-0.2, 0) is 14.4 Å². The molecule has 144 valence electrons. The van der Waals surface area contributed by atoms with Gasteiger partial charge in [0.05, 0.1) is 11.8 Å². The summed E-state index contributed by atoms with van der Waals surface area (Å²) >= 11 is 5.84. The Hall–Kier alpha value is -2.66. The van der Waals surface area contributed by atoms with Gasteiger partial charge in [-0.05, 0) is 55.0 Å². The molecule has 0 bridgehead atoms. The first-order valence-corrected chi connectivity index (χ1v) is 9.86. The lowest BCUT2D eigenvalue weighted by Crippen LogP contribution is -2.38. The molecule has 2 aromatic rings. The Bertz CT molecular complexity index is 898. The highest BCUT2D eigenvalue weighted by atomic mass is 35.5. The van der Waals surface area contributed by atoms with Gasteiger partial charge in [0.1, 0.15) is 6.54 Å². The van der Waals surface area contributed by atoms with Crippen LogP contribution < -0.4 is 5.32 Å². The summed E-state index contributed by atoms with van der Waals surface area (Å²) < 4.78 is 0. The molecular formula is C22H21ClN2O3. The van der Waals surface area contributed by atoms with Crippen molar-refractivity contribution < 1.29 is 14.4 Å². The van der Waals surface area contributed by atoms with E-state index in [2.05, 4.69) is 17.4 Å². The summed E-state index contributed by atoms with van der Waals surface area (Å²) in [6.07, 6.45) is 2.23. The molecule has 4 rings (SSSR count). The molecule has 0 aromatic heterocycles. The average Bonchev–Trinajstić information content (AvgIpc) is 2.95. The molecule has 2 aromatic carbocycles. The number of imide groups is 1. The van der Waals surface area contributed by atoms with Crippen LogP contribution >= 0.6 is 11.6 Å². The molecule has 2 aliphatic rings. The highest BCUT2D eigenvalue weighted by Crippen LogP contribution is 2.44. The van der Waals surface area contributed by atoms with Crippen LogP contribution in [0.15, 0.2) is 54.6 Å². The van der Waals surface area contributed by atoms with Crippen LogP contribution in [0.4, 0.5) is 5.69 Å². The molecule has 6 heteroatoms. The molecule has 0 unspecified atom stereocenters. The van der Waals surface area contributed by atoms with Gasteiger partial charge in [-0.25, -0.2) is 0 Å². The van der Waals surface area contributed by atoms with Crippen molar-refractivity contribution in [3.8, 4) is 0 Å². The van der Waals surface area contributed by atoms with E-state index in [0.29, 0.717) is 23.6 Å². The fourth-order valence-electron chi connectivity index (χ4n) is 4.31. The van der Waals surface area contributed by atoms with Crippen molar-refractivity contribution in [1.29, 1.82) is 0 Å². The summed E-state index contributed by atoms with van der Waals surface area (Å²) in [6.45, 7) is -0.247. The van der Waals surface area contributed by atoms with Crippen molar-refractivity contribution in [3.63, 3.8) is 0 Å². The summed E-state index contributed by atoms with van der Waals surface area (Å²) in [5, 5.41) is 3.28. The molecule has 1 aliphatic carbocycles. The Kier molecular flexibility index (Phi) is 5.18. The maximum Gasteiger partial charge on any atom is 0.244 e. The molecule has 3 atom stereocenters. The van der Waals surface area contributed by atoms with Gasteiger partial charge in [-0.15, -0.1) is 0 Å². The molecule has 1 heterocycles. The van der Waals surface area contributed by atoms with Crippen LogP contribution in [0.1, 0.15) is 30.7 Å². The number of benzene rings is 2. The predicted octanol–water partition coefficient (Wildman–Crippen LogP) is 3.85. The van der Waals surface area contributed by atoms with Gasteiger partial charge in [-0.2, -0.15) is 0 Å². The number of halogens is 1. The molecule has 0 spiro atoms. The van der Waals surface area contributed by atoms with E-state index >= 15 is 0 Å². The number of hydrogen-bond donors (Lipinski definition) is 1. The number of carbonyl (C=O) groups excluding carboxylic acids is 3. The van der Waals surface area contributed by atoms with E-state index < -0.39 is 0 Å². The van der Waals surface area contributed by atoms with E-state index in [-0.39, 0.29) is 42.0 Å². The third-order valence-electron chi connectivity index (χ3n) is 5.72. The van der Waals surface area contributed by atoms with Gasteiger partial charge in [-0.1, -0.05) is 41.9 Å². The van der Waals surface area contributed by atoms with Gasteiger partial charge in [0.25, 0.3) is 0 Å². The minimum atomic E-state index is -0.387. The van der Waals surface area contributed by atoms with Crippen molar-refractivity contribution in [2.24, 2.45) is 11.8 Å². The number of fused-ring (bicyclic) bond motifs is 1. The van der Waals surface area contributed by atoms with Gasteiger partial charge in [-0.3, -0.25) is 19.3 Å². The fraction of sp³-hybridized carbons (Fsp3) is 0.318. The number of anilines is 1. The summed E-state index contributed by atoms with van der Waals surface area (Å²) in [5.41, 5.74) is 1.79. The number of hydrogen-bond acceptors (Lipinski definition) is 3. The smallest absolute Gasteiger partial charge is 0.244 e. The van der Waals surface area contributed by atoms with E-state index in [0.717, 1.165) is 11.3 Å². The minimum absolute atomic E-state index is 0.215. The van der Waals surface area contributed by atoms with Gasteiger partial charge in [0.2, 0.25) is 17.7 Å². The lowest BCUT2D eigenvalue weighted by atomic mass is 9.73. The lowest BCUT2D eigenvalue weighted by molar-refractivity contribution is -0.142. The van der Waals surface area contributed by atoms with Crippen LogP contribution in [0, 0.1) is 11.8 Å². The molecule has 2 fully saturated rings. The van der Waals surface area contributed by atoms with Crippen LogP contribution in [-0.4, -0.2) is 29.2 Å². The van der Waals surface area contributed by atoms with Crippen molar-refractivity contribution in [3.05, 3.63) is 65.2 Å². The zero-order valence-electron chi connectivity index (χ0n) is 15.3. The van der Waals surface area contributed by atoms with E-state index in [9.17, 15) is 14.4 Å². The minimum Gasteiger partial charge on any atom is -0.325 e. The Labute approximate surface area is 168 Å². The second kappa shape index (κ2) is 7.76. The van der Waals surface area contributed by atoms with Crippen LogP contribution in [0.3, 0.4) is 0 Å². The molecule has 28 heavy (non-hydrogen) atoms. The highest BCUT2D eigenvalue weighted by Gasteiger charge is 2.50. The molecule has 1 aliphatic heterocycles. The second-order valence-electron chi connectivity index (χ2n) is 7.45. The van der Waals surface area contributed by atoms with Crippen LogP contribution in [0.2, 0.25) is 5.02 Å². The van der Waals surface area contributed by atoms with Gasteiger partial charge in [0, 0.05) is 10.7 Å². The summed E-state index contributed by atoms with van der Waals surface area (Å²) in [5.74, 6) is -1.16. The van der Waals surface area contributed by atoms with Crippen molar-refractivity contribution >= 4 is 35.0 Å². The van der Waals surface area contributed by atoms with E-state index in [4.69, 9.17) is 11.6 Å². The van der Waals surface area contributed by atoms with E-state index in [1.807, 2.05) is 18.2 Å². The van der Waals surface area contributed by atoms with Crippen molar-refractivity contribution in [2.75, 3.05) is 11.9 Å². The molecule has 1 N–H and O–H groups in total. The number of rotatable bonds is 4. The molecule has 5 nitrogen and oxygen atoms in total. The molecule has 1 saturated heterocycles. The quantitative estimate of drug-likeness (QED) is 0.798. The molecule has 0 radical (unpaired) electrons. The first-order chi connectivity index (χ1) is 13.5. The predicted molar refractivity (Wildman–Crippen MR) is 107 cm³/mol. The average molecular weight is 397 g/mol. The lowest BCUT2D eigenvalue weighted by Gasteiger charge is -2.28. The molecule has 3 amide bonds. The van der Waals surface area contributed by atoms with Gasteiger partial charge >= 0.3 is 0 Å². The molecular weight excluding hydrogens is 376 g/mol. The number of nitrogens with one attached hydrogen (secondary N) is 1. The Morgan fingerprint density at radius 1 is 0.964 bits per heavy atom. The first-order valence-electron chi connectivity index (χ1n) is 9.48. The third-order valence-corrected chi connectivity index (χ3v) is 5.97. The number of likely N-dealkylation sites (tertiary alicyclic amines) is 1. The number of nitrogens with zero attached hydrogens (tertiary/aromatic N) is 1. The van der Waals surface area contributed by atoms with Crippen molar-refractivity contribution in [1.82, 2.24) is 4.90 Å². The monoisotopic (exact) mass is 396 g/mol. The maximum atomic E-state index is 12.9. The third kappa shape index (κ3) is 3.67. The number of carbonyl (C=O) groups is 3. The Balaban J connectivity index is 1.42. The van der Waals surface area contributed by atoms with E-state index in [1.54, 1.807) is 24.3 Å². The maximum absolute atomic E-state index is 12.9. The first kappa shape index (κ1) is 18.7. The topological polar surface area (TPSA) is 66.5 Å². The summed E-state index contributed by atoms with van der Waals surface area (Å²) in [6, 6.07) is 16.8. The number of amides is 3. The fourth-order valence-corrected chi connectivity index (χ4v) is 4.44. The second-order valence-corrected chi connectivity index (χ2v) is 7.89. The Morgan fingerprint density at radius 2 is 1.64 bits per heavy atom. The highest BCUT2D eigenvalue weighted by molar-refractivity contribution is 6.30. The van der Waals surface area contributed by atoms with Crippen LogP contribution in [0.25, 0.3) is 0 Å². The normalized spacial score (nSPS) is 24.2. The molecule has 1 saturated carbocycles. The largest absolute Gasteiger partial charge is 0.325 e. The SMILES string of the molecule is O=C(CN1C(=O)[C@H]2C[C@H](c3ccccc3)CC[C@H]2C1=O)Nc1ccc(Cl)cc1. The van der Waals surface area contributed by atoms with Crippen LogP contribution in [0.5, 0.6) is 0 Å². The summed E-state index contributed by atoms with van der Waals surface area (Å²) in [7, 11) is 0.